The number of halogens is 2. The van der Waals surface area contributed by atoms with Crippen LogP contribution in [-0.4, -0.2) is 33.4 Å². The van der Waals surface area contributed by atoms with Gasteiger partial charge in [0, 0.05) is 29.4 Å². The van der Waals surface area contributed by atoms with Gasteiger partial charge in [0.05, 0.1) is 11.4 Å². The van der Waals surface area contributed by atoms with Crippen LogP contribution in [0, 0.1) is 12.7 Å². The number of likely N-dealkylation sites (tertiary alicyclic amines) is 1. The molecule has 28 heavy (non-hydrogen) atoms. The predicted octanol–water partition coefficient (Wildman–Crippen LogP) is 5.15. The van der Waals surface area contributed by atoms with Gasteiger partial charge in [-0.2, -0.15) is 0 Å². The maximum atomic E-state index is 14.2. The van der Waals surface area contributed by atoms with Gasteiger partial charge in [-0.05, 0) is 50.5 Å². The minimum atomic E-state index is -0.321. The zero-order valence-corrected chi connectivity index (χ0v) is 16.9. The van der Waals surface area contributed by atoms with Gasteiger partial charge < -0.3 is 4.90 Å². The molecule has 3 aromatic rings. The molecule has 0 N–H and O–H groups in total. The second-order valence-corrected chi connectivity index (χ2v) is 8.25. The van der Waals surface area contributed by atoms with E-state index >= 15 is 0 Å². The molecule has 1 saturated heterocycles. The lowest BCUT2D eigenvalue weighted by molar-refractivity contribution is 0.0740. The maximum Gasteiger partial charge on any atom is 0.266 e. The normalized spacial score (nSPS) is 16.5. The van der Waals surface area contributed by atoms with Crippen LogP contribution in [0.4, 0.5) is 4.39 Å². The first-order chi connectivity index (χ1) is 13.5. The quantitative estimate of drug-likeness (QED) is 0.591. The van der Waals surface area contributed by atoms with Crippen LogP contribution in [0.5, 0.6) is 0 Å². The summed E-state index contributed by atoms with van der Waals surface area (Å²) in [5.74, 6) is -0.370. The summed E-state index contributed by atoms with van der Waals surface area (Å²) >= 11 is 7.55. The van der Waals surface area contributed by atoms with Crippen molar-refractivity contribution in [1.82, 2.24) is 14.9 Å². The SMILES string of the molecule is Cc1nc(-c2ccccn2)sc1C(=O)N1CCCC1Cc1c(F)cccc1Cl. The summed E-state index contributed by atoms with van der Waals surface area (Å²) in [4.78, 5) is 24.5. The maximum absolute atomic E-state index is 14.2. The van der Waals surface area contributed by atoms with Gasteiger partial charge in [0.2, 0.25) is 0 Å². The number of carbonyl (C=O) groups excluding carboxylic acids is 1. The molecule has 0 saturated carbocycles. The summed E-state index contributed by atoms with van der Waals surface area (Å²) in [5, 5.41) is 1.14. The zero-order chi connectivity index (χ0) is 19.7. The first kappa shape index (κ1) is 19.0. The first-order valence-corrected chi connectivity index (χ1v) is 10.4. The van der Waals surface area contributed by atoms with Gasteiger partial charge in [0.25, 0.3) is 5.91 Å². The summed E-state index contributed by atoms with van der Waals surface area (Å²) in [5.41, 5.74) is 1.93. The van der Waals surface area contributed by atoms with Crippen molar-refractivity contribution < 1.29 is 9.18 Å². The van der Waals surface area contributed by atoms with Crippen LogP contribution in [0.3, 0.4) is 0 Å². The van der Waals surface area contributed by atoms with E-state index in [1.807, 2.05) is 30.0 Å². The number of aryl methyl sites for hydroxylation is 1. The van der Waals surface area contributed by atoms with Crippen molar-refractivity contribution in [2.45, 2.75) is 32.2 Å². The molecule has 1 aromatic carbocycles. The Bertz CT molecular complexity index is 988. The van der Waals surface area contributed by atoms with E-state index in [0.717, 1.165) is 23.5 Å². The zero-order valence-electron chi connectivity index (χ0n) is 15.4. The molecule has 7 heteroatoms. The molecule has 1 amide bonds. The van der Waals surface area contributed by atoms with Crippen molar-refractivity contribution >= 4 is 28.8 Å². The third kappa shape index (κ3) is 3.66. The second kappa shape index (κ2) is 7.97. The van der Waals surface area contributed by atoms with Crippen molar-refractivity contribution in [3.8, 4) is 10.7 Å². The number of thiazole rings is 1. The van der Waals surface area contributed by atoms with Crippen LogP contribution in [0.25, 0.3) is 10.7 Å². The van der Waals surface area contributed by atoms with Crippen LogP contribution in [0.1, 0.15) is 33.8 Å². The Kier molecular flexibility index (Phi) is 5.42. The van der Waals surface area contributed by atoms with Gasteiger partial charge in [0.1, 0.15) is 15.7 Å². The summed E-state index contributed by atoms with van der Waals surface area (Å²) in [6.07, 6.45) is 3.86. The van der Waals surface area contributed by atoms with Gasteiger partial charge in [-0.25, -0.2) is 9.37 Å². The monoisotopic (exact) mass is 415 g/mol. The lowest BCUT2D eigenvalue weighted by Gasteiger charge is -2.25. The molecule has 0 bridgehead atoms. The van der Waals surface area contributed by atoms with E-state index < -0.39 is 0 Å². The van der Waals surface area contributed by atoms with Gasteiger partial charge in [-0.15, -0.1) is 11.3 Å². The highest BCUT2D eigenvalue weighted by atomic mass is 35.5. The molecule has 3 heterocycles. The first-order valence-electron chi connectivity index (χ1n) is 9.17. The Balaban J connectivity index is 1.58. The molecule has 1 aliphatic rings. The van der Waals surface area contributed by atoms with Crippen molar-refractivity contribution in [3.05, 3.63) is 69.6 Å². The molecule has 4 nitrogen and oxygen atoms in total. The van der Waals surface area contributed by atoms with Crippen LogP contribution in [0.15, 0.2) is 42.6 Å². The van der Waals surface area contributed by atoms with Crippen LogP contribution >= 0.6 is 22.9 Å². The minimum Gasteiger partial charge on any atom is -0.335 e. The third-order valence-electron chi connectivity index (χ3n) is 5.01. The standard InChI is InChI=1S/C21H19ClFN3OS/c1-13-19(28-20(25-13)18-9-2-3-10-24-18)21(27)26-11-5-6-14(26)12-15-16(22)7-4-8-17(15)23/h2-4,7-10,14H,5-6,11-12H2,1H3. The van der Waals surface area contributed by atoms with E-state index in [-0.39, 0.29) is 17.8 Å². The Morgan fingerprint density at radius 3 is 2.93 bits per heavy atom. The number of nitrogens with zero attached hydrogens (tertiary/aromatic N) is 3. The van der Waals surface area contributed by atoms with Crippen molar-refractivity contribution in [2.75, 3.05) is 6.54 Å². The highest BCUT2D eigenvalue weighted by molar-refractivity contribution is 7.17. The molecule has 0 aliphatic carbocycles. The molecule has 144 valence electrons. The Hall–Kier alpha value is -2.31. The van der Waals surface area contributed by atoms with Gasteiger partial charge >= 0.3 is 0 Å². The van der Waals surface area contributed by atoms with E-state index in [4.69, 9.17) is 11.6 Å². The van der Waals surface area contributed by atoms with Crippen LogP contribution < -0.4 is 0 Å². The van der Waals surface area contributed by atoms with Crippen molar-refractivity contribution in [3.63, 3.8) is 0 Å². The minimum absolute atomic E-state index is 0.0489. The molecule has 1 atom stereocenters. The molecule has 1 aliphatic heterocycles. The lowest BCUT2D eigenvalue weighted by Crippen LogP contribution is -2.37. The fraction of sp³-hybridized carbons (Fsp3) is 0.286. The van der Waals surface area contributed by atoms with Crippen LogP contribution in [0.2, 0.25) is 5.02 Å². The van der Waals surface area contributed by atoms with E-state index in [1.165, 1.54) is 17.4 Å². The predicted molar refractivity (Wildman–Crippen MR) is 109 cm³/mol. The number of benzene rings is 1. The second-order valence-electron chi connectivity index (χ2n) is 6.85. The topological polar surface area (TPSA) is 46.1 Å². The molecule has 0 radical (unpaired) electrons. The van der Waals surface area contributed by atoms with E-state index in [0.29, 0.717) is 34.1 Å². The molecule has 0 spiro atoms. The lowest BCUT2D eigenvalue weighted by atomic mass is 10.0. The summed E-state index contributed by atoms with van der Waals surface area (Å²) in [6.45, 7) is 2.50. The van der Waals surface area contributed by atoms with E-state index in [9.17, 15) is 9.18 Å². The third-order valence-corrected chi connectivity index (χ3v) is 6.54. The summed E-state index contributed by atoms with van der Waals surface area (Å²) < 4.78 is 14.2. The largest absolute Gasteiger partial charge is 0.335 e. The van der Waals surface area contributed by atoms with Gasteiger partial charge in [-0.3, -0.25) is 9.78 Å². The Morgan fingerprint density at radius 2 is 2.18 bits per heavy atom. The smallest absolute Gasteiger partial charge is 0.266 e. The molecular weight excluding hydrogens is 397 g/mol. The number of amides is 1. The number of rotatable bonds is 4. The fourth-order valence-corrected chi connectivity index (χ4v) is 4.84. The number of hydrogen-bond acceptors (Lipinski definition) is 4. The van der Waals surface area contributed by atoms with E-state index in [1.54, 1.807) is 18.3 Å². The van der Waals surface area contributed by atoms with Gasteiger partial charge in [-0.1, -0.05) is 23.7 Å². The van der Waals surface area contributed by atoms with Crippen LogP contribution in [-0.2, 0) is 6.42 Å². The molecular formula is C21H19ClFN3OS. The highest BCUT2D eigenvalue weighted by Crippen LogP contribution is 2.32. The van der Waals surface area contributed by atoms with E-state index in [2.05, 4.69) is 9.97 Å². The Morgan fingerprint density at radius 1 is 1.32 bits per heavy atom. The average Bonchev–Trinajstić information content (AvgIpc) is 3.31. The Labute approximate surface area is 172 Å². The average molecular weight is 416 g/mol. The molecule has 1 fully saturated rings. The fourth-order valence-electron chi connectivity index (χ4n) is 3.60. The summed E-state index contributed by atoms with van der Waals surface area (Å²) in [7, 11) is 0. The van der Waals surface area contributed by atoms with Crippen molar-refractivity contribution in [2.24, 2.45) is 0 Å². The summed E-state index contributed by atoms with van der Waals surface area (Å²) in [6, 6.07) is 10.3. The van der Waals surface area contributed by atoms with Gasteiger partial charge in [0.15, 0.2) is 0 Å². The number of pyridine rings is 1. The molecule has 4 rings (SSSR count). The number of hydrogen-bond donors (Lipinski definition) is 0. The molecule has 2 aromatic heterocycles. The van der Waals surface area contributed by atoms with Crippen molar-refractivity contribution in [1.29, 1.82) is 0 Å². The number of carbonyl (C=O) groups is 1. The molecule has 1 unspecified atom stereocenters. The number of aromatic nitrogens is 2. The highest BCUT2D eigenvalue weighted by Gasteiger charge is 2.32.